The van der Waals surface area contributed by atoms with E-state index in [1.807, 2.05) is 47.4 Å². The predicted octanol–water partition coefficient (Wildman–Crippen LogP) is 6.74. The fourth-order valence-corrected chi connectivity index (χ4v) is 6.62. The van der Waals surface area contributed by atoms with E-state index in [0.717, 1.165) is 13.1 Å². The van der Waals surface area contributed by atoms with Crippen LogP contribution in [0.15, 0.2) is 130 Å². The van der Waals surface area contributed by atoms with E-state index in [9.17, 15) is 8.42 Å². The Kier molecular flexibility index (Phi) is 7.43. The summed E-state index contributed by atoms with van der Waals surface area (Å²) in [6.07, 6.45) is 0. The van der Waals surface area contributed by atoms with Gasteiger partial charge in [-0.05, 0) is 47.5 Å². The third-order valence-corrected chi connectivity index (χ3v) is 9.10. The molecule has 0 atom stereocenters. The van der Waals surface area contributed by atoms with Crippen molar-refractivity contribution in [2.75, 3.05) is 31.1 Å². The van der Waals surface area contributed by atoms with Crippen LogP contribution in [0.5, 0.6) is 0 Å². The molecule has 0 saturated carbocycles. The Morgan fingerprint density at radius 3 is 1.77 bits per heavy atom. The highest BCUT2D eigenvalue weighted by atomic mass is 35.5. The van der Waals surface area contributed by atoms with Gasteiger partial charge in [0.05, 0.1) is 10.9 Å². The number of rotatable bonds is 7. The standard InChI is InChI=1S/C32H28ClN3O3S/c33-27-16-18-28(19-17-27)40(37,38)31-32(39-30(34-31)26-14-8-3-9-15-26)36-22-20-35(21-23-36)29(24-10-4-1-5-11-24)25-12-6-2-7-13-25/h1-19,29H,20-23H2. The van der Waals surface area contributed by atoms with Crippen molar-refractivity contribution >= 4 is 27.3 Å². The van der Waals surface area contributed by atoms with Gasteiger partial charge in [0.25, 0.3) is 0 Å². The number of halogens is 1. The predicted molar refractivity (Wildman–Crippen MR) is 157 cm³/mol. The molecular weight excluding hydrogens is 542 g/mol. The number of hydrogen-bond donors (Lipinski definition) is 0. The van der Waals surface area contributed by atoms with Crippen LogP contribution >= 0.6 is 11.6 Å². The molecule has 5 aromatic rings. The highest BCUT2D eigenvalue weighted by Gasteiger charge is 2.34. The Hall–Kier alpha value is -3.91. The lowest BCUT2D eigenvalue weighted by atomic mass is 9.96. The van der Waals surface area contributed by atoms with Crippen LogP contribution in [-0.4, -0.2) is 44.5 Å². The molecule has 0 unspecified atom stereocenters. The number of hydrogen-bond acceptors (Lipinski definition) is 6. The minimum absolute atomic E-state index is 0.0789. The highest BCUT2D eigenvalue weighted by molar-refractivity contribution is 7.91. The van der Waals surface area contributed by atoms with Crippen molar-refractivity contribution in [2.24, 2.45) is 0 Å². The van der Waals surface area contributed by atoms with Gasteiger partial charge in [-0.2, -0.15) is 4.98 Å². The van der Waals surface area contributed by atoms with Crippen molar-refractivity contribution in [1.82, 2.24) is 9.88 Å². The molecule has 1 aliphatic heterocycles. The summed E-state index contributed by atoms with van der Waals surface area (Å²) in [5.74, 6) is 0.543. The number of piperazine rings is 1. The molecular formula is C32H28ClN3O3S. The molecule has 1 aromatic heterocycles. The van der Waals surface area contributed by atoms with Crippen molar-refractivity contribution in [2.45, 2.75) is 16.0 Å². The van der Waals surface area contributed by atoms with Crippen LogP contribution in [0.25, 0.3) is 11.5 Å². The highest BCUT2D eigenvalue weighted by Crippen LogP contribution is 2.37. The van der Waals surface area contributed by atoms with Gasteiger partial charge in [0.2, 0.25) is 26.6 Å². The summed E-state index contributed by atoms with van der Waals surface area (Å²) in [6, 6.07) is 36.5. The SMILES string of the molecule is O=S(=O)(c1ccc(Cl)cc1)c1nc(-c2ccccc2)oc1N1CCN(C(c2ccccc2)c2ccccc2)CC1. The molecule has 0 amide bonds. The first-order valence-electron chi connectivity index (χ1n) is 13.2. The first-order chi connectivity index (χ1) is 19.5. The zero-order valence-electron chi connectivity index (χ0n) is 21.7. The number of aromatic nitrogens is 1. The summed E-state index contributed by atoms with van der Waals surface area (Å²) in [5, 5.41) is 0.386. The Bertz CT molecular complexity index is 1630. The molecule has 0 bridgehead atoms. The van der Waals surface area contributed by atoms with Crippen molar-refractivity contribution in [3.63, 3.8) is 0 Å². The van der Waals surface area contributed by atoms with Gasteiger partial charge >= 0.3 is 0 Å². The van der Waals surface area contributed by atoms with E-state index in [4.69, 9.17) is 16.0 Å². The average molecular weight is 570 g/mol. The number of sulfone groups is 1. The fraction of sp³-hybridized carbons (Fsp3) is 0.156. The lowest BCUT2D eigenvalue weighted by Crippen LogP contribution is -2.48. The monoisotopic (exact) mass is 569 g/mol. The van der Waals surface area contributed by atoms with Gasteiger partial charge in [-0.25, -0.2) is 8.42 Å². The summed E-state index contributed by atoms with van der Waals surface area (Å²) >= 11 is 6.03. The van der Waals surface area contributed by atoms with Crippen LogP contribution < -0.4 is 4.90 Å². The molecule has 0 aliphatic carbocycles. The van der Waals surface area contributed by atoms with Crippen molar-refractivity contribution < 1.29 is 12.8 Å². The first kappa shape index (κ1) is 26.3. The lowest BCUT2D eigenvalue weighted by Gasteiger charge is -2.39. The number of anilines is 1. The molecule has 1 aliphatic rings. The molecule has 4 aromatic carbocycles. The van der Waals surface area contributed by atoms with Crippen LogP contribution in [0, 0.1) is 0 Å². The van der Waals surface area contributed by atoms with E-state index in [-0.39, 0.29) is 27.7 Å². The normalized spacial score (nSPS) is 14.5. The van der Waals surface area contributed by atoms with Gasteiger partial charge in [-0.1, -0.05) is 90.5 Å². The second-order valence-corrected chi connectivity index (χ2v) is 12.0. The molecule has 1 saturated heterocycles. The third-order valence-electron chi connectivity index (χ3n) is 7.18. The zero-order valence-corrected chi connectivity index (χ0v) is 23.3. The van der Waals surface area contributed by atoms with Gasteiger partial charge < -0.3 is 9.32 Å². The summed E-state index contributed by atoms with van der Waals surface area (Å²) in [7, 11) is -3.96. The molecule has 2 heterocycles. The van der Waals surface area contributed by atoms with E-state index in [1.165, 1.54) is 23.3 Å². The lowest BCUT2D eigenvalue weighted by molar-refractivity contribution is 0.209. The maximum absolute atomic E-state index is 13.8. The van der Waals surface area contributed by atoms with Gasteiger partial charge in [0.1, 0.15) is 0 Å². The summed E-state index contributed by atoms with van der Waals surface area (Å²) in [4.78, 5) is 9.08. The summed E-state index contributed by atoms with van der Waals surface area (Å²) in [5.41, 5.74) is 3.16. The Morgan fingerprint density at radius 2 is 1.23 bits per heavy atom. The molecule has 202 valence electrons. The van der Waals surface area contributed by atoms with E-state index in [1.54, 1.807) is 12.1 Å². The van der Waals surface area contributed by atoms with E-state index in [0.29, 0.717) is 23.7 Å². The summed E-state index contributed by atoms with van der Waals surface area (Å²) < 4.78 is 33.8. The average Bonchev–Trinajstić information content (AvgIpc) is 3.46. The second-order valence-electron chi connectivity index (χ2n) is 9.70. The van der Waals surface area contributed by atoms with Crippen LogP contribution in [0.4, 0.5) is 5.88 Å². The number of nitrogens with zero attached hydrogens (tertiary/aromatic N) is 3. The zero-order chi connectivity index (χ0) is 27.5. The van der Waals surface area contributed by atoms with E-state index >= 15 is 0 Å². The minimum atomic E-state index is -3.96. The van der Waals surface area contributed by atoms with Crippen LogP contribution in [0.1, 0.15) is 17.2 Å². The molecule has 1 fully saturated rings. The topological polar surface area (TPSA) is 66.7 Å². The van der Waals surface area contributed by atoms with E-state index in [2.05, 4.69) is 58.4 Å². The molecule has 0 radical (unpaired) electrons. The molecule has 6 nitrogen and oxygen atoms in total. The van der Waals surface area contributed by atoms with E-state index < -0.39 is 9.84 Å². The smallest absolute Gasteiger partial charge is 0.236 e. The van der Waals surface area contributed by atoms with Crippen LogP contribution in [0.2, 0.25) is 5.02 Å². The second kappa shape index (κ2) is 11.3. The molecule has 0 spiro atoms. The molecule has 40 heavy (non-hydrogen) atoms. The number of benzene rings is 4. The Balaban J connectivity index is 1.33. The maximum Gasteiger partial charge on any atom is 0.236 e. The summed E-state index contributed by atoms with van der Waals surface area (Å²) in [6.45, 7) is 2.61. The van der Waals surface area contributed by atoms with Gasteiger partial charge in [0.15, 0.2) is 0 Å². The van der Waals surface area contributed by atoms with Crippen molar-refractivity contribution in [3.8, 4) is 11.5 Å². The fourth-order valence-electron chi connectivity index (χ4n) is 5.17. The Morgan fingerprint density at radius 1 is 0.700 bits per heavy atom. The third kappa shape index (κ3) is 5.28. The molecule has 0 N–H and O–H groups in total. The molecule has 8 heteroatoms. The molecule has 6 rings (SSSR count). The van der Waals surface area contributed by atoms with Gasteiger partial charge in [-0.15, -0.1) is 0 Å². The van der Waals surface area contributed by atoms with Crippen molar-refractivity contribution in [1.29, 1.82) is 0 Å². The van der Waals surface area contributed by atoms with Gasteiger partial charge in [0, 0.05) is 36.8 Å². The number of oxazole rings is 1. The van der Waals surface area contributed by atoms with Crippen molar-refractivity contribution in [3.05, 3.63) is 131 Å². The van der Waals surface area contributed by atoms with Crippen LogP contribution in [0.3, 0.4) is 0 Å². The largest absolute Gasteiger partial charge is 0.419 e. The Labute approximate surface area is 239 Å². The first-order valence-corrected chi connectivity index (χ1v) is 15.0. The van der Waals surface area contributed by atoms with Gasteiger partial charge in [-0.3, -0.25) is 4.90 Å². The maximum atomic E-state index is 13.8. The minimum Gasteiger partial charge on any atom is -0.419 e. The quantitative estimate of drug-likeness (QED) is 0.216. The van der Waals surface area contributed by atoms with Crippen LogP contribution in [-0.2, 0) is 9.84 Å².